The number of ether oxygens (including phenoxy) is 4. The Kier molecular flexibility index (Phi) is 12.5. The summed E-state index contributed by atoms with van der Waals surface area (Å²) in [6.07, 6.45) is -3.44. The average molecular weight is 706 g/mol. The van der Waals surface area contributed by atoms with Crippen LogP contribution in [0.15, 0.2) is 67.0 Å². The maximum atomic E-state index is 10.5. The van der Waals surface area contributed by atoms with E-state index in [9.17, 15) is 25.7 Å². The van der Waals surface area contributed by atoms with Crippen LogP contribution in [0, 0.1) is 18.3 Å². The number of likely N-dealkylation sites (N-methyl/N-ethyl adjacent to an activating group) is 1. The van der Waals surface area contributed by atoms with E-state index in [-0.39, 0.29) is 26.3 Å². The van der Waals surface area contributed by atoms with Crippen LogP contribution < -0.4 is 18.9 Å². The summed E-state index contributed by atoms with van der Waals surface area (Å²) in [7, 11) is 1.69. The lowest BCUT2D eigenvalue weighted by atomic mass is 9.96. The van der Waals surface area contributed by atoms with Crippen LogP contribution in [0.3, 0.4) is 0 Å². The SMILES string of the molecule is Cc1c(COc2cc(OCc3cncc(C#N)c3)c(CN(C)C[C@@H](O)[C@@H](O)[C@H](O)[C@H](O)CO)cc2Cl)cccc1-c1ccc2c(c1)OCCO2. The molecule has 4 aromatic rings. The number of fused-ring (bicyclic) bond motifs is 1. The highest BCUT2D eigenvalue weighted by molar-refractivity contribution is 6.32. The monoisotopic (exact) mass is 705 g/mol. The van der Waals surface area contributed by atoms with Gasteiger partial charge in [0.05, 0.1) is 23.3 Å². The number of hydrogen-bond acceptors (Lipinski definition) is 12. The third-order valence-corrected chi connectivity index (χ3v) is 8.68. The number of nitriles is 1. The van der Waals surface area contributed by atoms with Crippen LogP contribution in [0.2, 0.25) is 5.02 Å². The molecule has 2 heterocycles. The molecule has 0 saturated carbocycles. The zero-order valence-corrected chi connectivity index (χ0v) is 28.5. The fourth-order valence-electron chi connectivity index (χ4n) is 5.60. The first-order chi connectivity index (χ1) is 24.1. The molecule has 5 rings (SSSR count). The second-order valence-corrected chi connectivity index (χ2v) is 12.5. The Morgan fingerprint density at radius 3 is 2.40 bits per heavy atom. The van der Waals surface area contributed by atoms with Crippen molar-refractivity contribution in [3.05, 3.63) is 99.8 Å². The predicted molar refractivity (Wildman–Crippen MR) is 184 cm³/mol. The highest BCUT2D eigenvalue weighted by Gasteiger charge is 2.31. The number of rotatable bonds is 15. The molecule has 4 atom stereocenters. The number of halogens is 1. The molecule has 0 fully saturated rings. The Hall–Kier alpha value is -4.45. The number of benzene rings is 3. The summed E-state index contributed by atoms with van der Waals surface area (Å²) in [6, 6.07) is 19.0. The Balaban J connectivity index is 1.35. The molecule has 5 N–H and O–H groups in total. The summed E-state index contributed by atoms with van der Waals surface area (Å²) in [4.78, 5) is 5.77. The molecule has 0 saturated heterocycles. The van der Waals surface area contributed by atoms with E-state index < -0.39 is 31.0 Å². The molecule has 264 valence electrons. The zero-order chi connectivity index (χ0) is 35.8. The van der Waals surface area contributed by atoms with Gasteiger partial charge in [-0.1, -0.05) is 35.9 Å². The van der Waals surface area contributed by atoms with Crippen LogP contribution >= 0.6 is 11.6 Å². The van der Waals surface area contributed by atoms with Crippen LogP contribution in [0.5, 0.6) is 23.0 Å². The molecule has 0 radical (unpaired) electrons. The Morgan fingerprint density at radius 2 is 1.64 bits per heavy atom. The number of aliphatic hydroxyl groups excluding tert-OH is 5. The molecule has 3 aromatic carbocycles. The van der Waals surface area contributed by atoms with E-state index in [0.29, 0.717) is 52.2 Å². The lowest BCUT2D eigenvalue weighted by Gasteiger charge is -2.29. The molecule has 0 spiro atoms. The second kappa shape index (κ2) is 17.0. The van der Waals surface area contributed by atoms with E-state index in [0.717, 1.165) is 28.0 Å². The van der Waals surface area contributed by atoms with E-state index >= 15 is 0 Å². The minimum absolute atomic E-state index is 0.0869. The third-order valence-electron chi connectivity index (χ3n) is 8.38. The fourth-order valence-corrected chi connectivity index (χ4v) is 5.84. The van der Waals surface area contributed by atoms with Gasteiger partial charge in [0, 0.05) is 42.7 Å². The van der Waals surface area contributed by atoms with Crippen LogP contribution in [0.4, 0.5) is 0 Å². The lowest BCUT2D eigenvalue weighted by molar-refractivity contribution is -0.118. The predicted octanol–water partition coefficient (Wildman–Crippen LogP) is 3.38. The normalized spacial score (nSPS) is 14.8. The highest BCUT2D eigenvalue weighted by Crippen LogP contribution is 2.38. The molecular weight excluding hydrogens is 666 g/mol. The van der Waals surface area contributed by atoms with Crippen LogP contribution in [-0.4, -0.2) is 93.2 Å². The summed E-state index contributed by atoms with van der Waals surface area (Å²) >= 11 is 6.75. The Morgan fingerprint density at radius 1 is 0.900 bits per heavy atom. The number of hydrogen-bond donors (Lipinski definition) is 5. The van der Waals surface area contributed by atoms with Crippen molar-refractivity contribution in [2.24, 2.45) is 0 Å². The third kappa shape index (κ3) is 9.01. The standard InChI is InChI=1S/C37H40ClN3O9/c1-22-26(4-3-5-28(22)25-6-7-32-35(12-25)48-9-8-47-32)21-50-34-13-33(49-20-24-10-23(14-39)15-40-16-24)27(11-29(34)38)17-41(2)18-30(43)36(45)37(46)31(44)19-42/h3-7,10-13,15-16,30-31,36-37,42-46H,8-9,17-21H2,1-2H3/t30-,31-,36-,37-/m1/s1. The number of nitrogens with zero attached hydrogens (tertiary/aromatic N) is 3. The van der Waals surface area contributed by atoms with E-state index in [1.165, 1.54) is 6.20 Å². The van der Waals surface area contributed by atoms with Crippen molar-refractivity contribution in [3.8, 4) is 40.2 Å². The van der Waals surface area contributed by atoms with Gasteiger partial charge in [0.1, 0.15) is 62.3 Å². The van der Waals surface area contributed by atoms with Crippen molar-refractivity contribution in [1.29, 1.82) is 5.26 Å². The molecule has 1 aliphatic heterocycles. The van der Waals surface area contributed by atoms with Crippen molar-refractivity contribution >= 4 is 11.6 Å². The number of pyridine rings is 1. The zero-order valence-electron chi connectivity index (χ0n) is 27.7. The van der Waals surface area contributed by atoms with Crippen LogP contribution in [0.1, 0.15) is 27.8 Å². The smallest absolute Gasteiger partial charge is 0.161 e. The van der Waals surface area contributed by atoms with Gasteiger partial charge >= 0.3 is 0 Å². The van der Waals surface area contributed by atoms with E-state index in [1.807, 2.05) is 43.3 Å². The molecule has 1 aromatic heterocycles. The first kappa shape index (κ1) is 36.8. The quantitative estimate of drug-likeness (QED) is 0.122. The van der Waals surface area contributed by atoms with Crippen molar-refractivity contribution in [2.75, 3.05) is 33.4 Å². The number of aliphatic hydroxyl groups is 5. The van der Waals surface area contributed by atoms with Gasteiger partial charge in [-0.25, -0.2) is 0 Å². The molecule has 13 heteroatoms. The Bertz CT molecular complexity index is 1820. The lowest BCUT2D eigenvalue weighted by Crippen LogP contribution is -2.49. The molecule has 50 heavy (non-hydrogen) atoms. The summed E-state index contributed by atoms with van der Waals surface area (Å²) in [5.74, 6) is 2.22. The summed E-state index contributed by atoms with van der Waals surface area (Å²) in [5.41, 5.74) is 5.67. The molecule has 0 amide bonds. The van der Waals surface area contributed by atoms with Crippen molar-refractivity contribution < 1.29 is 44.5 Å². The molecule has 12 nitrogen and oxygen atoms in total. The largest absolute Gasteiger partial charge is 0.488 e. The summed E-state index contributed by atoms with van der Waals surface area (Å²) < 4.78 is 23.9. The van der Waals surface area contributed by atoms with Gasteiger partial charge in [0.25, 0.3) is 0 Å². The molecule has 1 aliphatic rings. The van der Waals surface area contributed by atoms with Gasteiger partial charge in [0.2, 0.25) is 0 Å². The Labute approximate surface area is 295 Å². The molecule has 0 aliphatic carbocycles. The topological polar surface area (TPSA) is 178 Å². The number of aromatic nitrogens is 1. The van der Waals surface area contributed by atoms with Gasteiger partial charge in [-0.15, -0.1) is 0 Å². The van der Waals surface area contributed by atoms with E-state index in [4.69, 9.17) is 35.7 Å². The molecular formula is C37H40ClN3O9. The van der Waals surface area contributed by atoms with Gasteiger partial charge in [-0.2, -0.15) is 5.26 Å². The minimum atomic E-state index is -1.74. The highest BCUT2D eigenvalue weighted by atomic mass is 35.5. The maximum Gasteiger partial charge on any atom is 0.161 e. The molecule has 0 unspecified atom stereocenters. The van der Waals surface area contributed by atoms with Gasteiger partial charge in [-0.3, -0.25) is 9.88 Å². The van der Waals surface area contributed by atoms with Crippen LogP contribution in [0.25, 0.3) is 11.1 Å². The van der Waals surface area contributed by atoms with E-state index in [1.54, 1.807) is 36.3 Å². The summed E-state index contributed by atoms with van der Waals surface area (Å²) in [6.45, 7) is 2.67. The van der Waals surface area contributed by atoms with Crippen molar-refractivity contribution in [2.45, 2.75) is 51.1 Å². The van der Waals surface area contributed by atoms with E-state index in [2.05, 4.69) is 11.1 Å². The van der Waals surface area contributed by atoms with Crippen molar-refractivity contribution in [1.82, 2.24) is 9.88 Å². The summed E-state index contributed by atoms with van der Waals surface area (Å²) in [5, 5.41) is 59.2. The first-order valence-electron chi connectivity index (χ1n) is 16.0. The van der Waals surface area contributed by atoms with Crippen LogP contribution in [-0.2, 0) is 19.8 Å². The minimum Gasteiger partial charge on any atom is -0.488 e. The fraction of sp³-hybridized carbons (Fsp3) is 0.351. The first-order valence-corrected chi connectivity index (χ1v) is 16.4. The molecule has 0 bridgehead atoms. The van der Waals surface area contributed by atoms with Gasteiger partial charge < -0.3 is 44.5 Å². The van der Waals surface area contributed by atoms with Gasteiger partial charge in [0.15, 0.2) is 11.5 Å². The van der Waals surface area contributed by atoms with Gasteiger partial charge in [-0.05, 0) is 60.5 Å². The second-order valence-electron chi connectivity index (χ2n) is 12.1. The van der Waals surface area contributed by atoms with Crippen molar-refractivity contribution in [3.63, 3.8) is 0 Å². The average Bonchev–Trinajstić information content (AvgIpc) is 3.13. The maximum absolute atomic E-state index is 10.5.